The number of ether oxygens (including phenoxy) is 2. The van der Waals surface area contributed by atoms with E-state index in [9.17, 15) is 24.1 Å². The largest absolute Gasteiger partial charge is 0.419 e. The Hall–Kier alpha value is -2.97. The minimum absolute atomic E-state index is 0.00960. The number of rotatable bonds is 3. The lowest BCUT2D eigenvalue weighted by molar-refractivity contribution is -0.385. The van der Waals surface area contributed by atoms with E-state index in [1.165, 1.54) is 13.8 Å². The molecule has 0 amide bonds. The molecule has 1 saturated heterocycles. The maximum absolute atomic E-state index is 13.3. The van der Waals surface area contributed by atoms with E-state index in [-0.39, 0.29) is 5.69 Å². The van der Waals surface area contributed by atoms with Gasteiger partial charge in [-0.3, -0.25) is 10.1 Å². The maximum atomic E-state index is 13.3. The molecule has 1 aliphatic heterocycles. The first kappa shape index (κ1) is 15.4. The van der Waals surface area contributed by atoms with Crippen molar-refractivity contribution in [2.45, 2.75) is 19.6 Å². The molecule has 1 aliphatic rings. The van der Waals surface area contributed by atoms with Crippen LogP contribution in [0.15, 0.2) is 30.0 Å². The highest BCUT2D eigenvalue weighted by Gasteiger charge is 2.38. The predicted octanol–water partition coefficient (Wildman–Crippen LogP) is 1.87. The molecule has 0 bridgehead atoms. The van der Waals surface area contributed by atoms with Crippen LogP contribution in [0, 0.1) is 15.9 Å². The first-order valence-electron chi connectivity index (χ1n) is 6.06. The highest BCUT2D eigenvalue weighted by atomic mass is 19.1. The zero-order chi connectivity index (χ0) is 16.5. The molecule has 1 aromatic carbocycles. The van der Waals surface area contributed by atoms with Crippen LogP contribution in [0.3, 0.4) is 0 Å². The monoisotopic (exact) mass is 310 g/mol. The number of carbonyl (C=O) groups is 2. The molecular weight excluding hydrogens is 299 g/mol. The van der Waals surface area contributed by atoms with Crippen molar-refractivity contribution in [2.24, 2.45) is 0 Å². The molecule has 0 saturated carbocycles. The van der Waals surface area contributed by atoms with Gasteiger partial charge in [-0.15, -0.1) is 0 Å². The van der Waals surface area contributed by atoms with E-state index in [2.05, 4.69) is 5.32 Å². The fourth-order valence-electron chi connectivity index (χ4n) is 1.70. The minimum atomic E-state index is -1.37. The fourth-order valence-corrected chi connectivity index (χ4v) is 1.70. The van der Waals surface area contributed by atoms with E-state index < -0.39 is 39.7 Å². The number of hydrogen-bond acceptors (Lipinski definition) is 7. The number of benzene rings is 1. The van der Waals surface area contributed by atoms with Gasteiger partial charge in [0.15, 0.2) is 5.57 Å². The third-order valence-electron chi connectivity index (χ3n) is 2.59. The summed E-state index contributed by atoms with van der Waals surface area (Å²) in [6.07, 6.45) is 0.943. The number of nitrogens with one attached hydrogen (secondary N) is 1. The van der Waals surface area contributed by atoms with Crippen LogP contribution in [0.4, 0.5) is 15.8 Å². The Morgan fingerprint density at radius 1 is 1.23 bits per heavy atom. The summed E-state index contributed by atoms with van der Waals surface area (Å²) in [6, 6.07) is 2.75. The van der Waals surface area contributed by atoms with Crippen molar-refractivity contribution in [2.75, 3.05) is 5.32 Å². The molecule has 22 heavy (non-hydrogen) atoms. The number of nitro groups is 1. The summed E-state index contributed by atoms with van der Waals surface area (Å²) >= 11 is 0. The van der Waals surface area contributed by atoms with Crippen LogP contribution in [0.25, 0.3) is 0 Å². The van der Waals surface area contributed by atoms with Crippen LogP contribution >= 0.6 is 0 Å². The van der Waals surface area contributed by atoms with E-state index in [4.69, 9.17) is 9.47 Å². The summed E-state index contributed by atoms with van der Waals surface area (Å²) in [5.74, 6) is -4.05. The lowest BCUT2D eigenvalue weighted by Gasteiger charge is -2.29. The fraction of sp³-hybridized carbons (Fsp3) is 0.231. The first-order valence-corrected chi connectivity index (χ1v) is 6.06. The molecule has 116 valence electrons. The summed E-state index contributed by atoms with van der Waals surface area (Å²) < 4.78 is 23.0. The Kier molecular flexibility index (Phi) is 3.81. The summed E-state index contributed by atoms with van der Waals surface area (Å²) in [5, 5.41) is 13.1. The number of nitro benzene ring substituents is 1. The lowest BCUT2D eigenvalue weighted by Crippen LogP contribution is -2.42. The quantitative estimate of drug-likeness (QED) is 0.298. The normalized spacial score (nSPS) is 16.6. The Labute approximate surface area is 123 Å². The van der Waals surface area contributed by atoms with E-state index >= 15 is 0 Å². The lowest BCUT2D eigenvalue weighted by atomic mass is 10.2. The van der Waals surface area contributed by atoms with Crippen LogP contribution in [-0.4, -0.2) is 22.6 Å². The number of anilines is 1. The van der Waals surface area contributed by atoms with E-state index in [0.717, 1.165) is 24.4 Å². The highest BCUT2D eigenvalue weighted by Crippen LogP contribution is 2.24. The number of non-ortho nitro benzene ring substituents is 1. The van der Waals surface area contributed by atoms with Crippen molar-refractivity contribution >= 4 is 23.3 Å². The Morgan fingerprint density at radius 3 is 2.36 bits per heavy atom. The van der Waals surface area contributed by atoms with Gasteiger partial charge in [-0.2, -0.15) is 0 Å². The first-order chi connectivity index (χ1) is 10.2. The van der Waals surface area contributed by atoms with Gasteiger partial charge >= 0.3 is 11.9 Å². The third kappa shape index (κ3) is 3.37. The van der Waals surface area contributed by atoms with Gasteiger partial charge in [0, 0.05) is 31.8 Å². The van der Waals surface area contributed by atoms with Crippen LogP contribution in [0.5, 0.6) is 0 Å². The SMILES string of the molecule is CC1(C)OC(=O)C(=CNc2cc(F)cc([N+](=O)[O-])c2)C(=O)O1. The minimum Gasteiger partial charge on any atom is -0.419 e. The van der Waals surface area contributed by atoms with Crippen molar-refractivity contribution in [1.29, 1.82) is 0 Å². The van der Waals surface area contributed by atoms with Crippen molar-refractivity contribution in [3.63, 3.8) is 0 Å². The Balaban J connectivity index is 2.23. The molecule has 9 heteroatoms. The molecular formula is C13H11FN2O6. The zero-order valence-electron chi connectivity index (χ0n) is 11.6. The third-order valence-corrected chi connectivity index (χ3v) is 2.59. The van der Waals surface area contributed by atoms with E-state index in [1.54, 1.807) is 0 Å². The smallest absolute Gasteiger partial charge is 0.350 e. The van der Waals surface area contributed by atoms with Gasteiger partial charge in [0.1, 0.15) is 5.82 Å². The molecule has 0 aromatic heterocycles. The van der Waals surface area contributed by atoms with Crippen LogP contribution in [0.2, 0.25) is 0 Å². The Morgan fingerprint density at radius 2 is 1.82 bits per heavy atom. The van der Waals surface area contributed by atoms with Crippen LogP contribution < -0.4 is 5.32 Å². The molecule has 1 fully saturated rings. The maximum Gasteiger partial charge on any atom is 0.350 e. The summed E-state index contributed by atoms with van der Waals surface area (Å²) in [6.45, 7) is 2.78. The predicted molar refractivity (Wildman–Crippen MR) is 71.0 cm³/mol. The second-order valence-corrected chi connectivity index (χ2v) is 4.84. The number of cyclic esters (lactones) is 2. The van der Waals surface area contributed by atoms with E-state index in [1.807, 2.05) is 0 Å². The van der Waals surface area contributed by atoms with Crippen molar-refractivity contribution in [3.05, 3.63) is 45.9 Å². The molecule has 0 atom stereocenters. The summed E-state index contributed by atoms with van der Waals surface area (Å²) in [4.78, 5) is 33.2. The second kappa shape index (κ2) is 5.43. The molecule has 0 spiro atoms. The number of halogens is 1. The Bertz CT molecular complexity index is 676. The molecule has 1 aromatic rings. The molecule has 0 radical (unpaired) electrons. The summed E-state index contributed by atoms with van der Waals surface area (Å²) in [5.41, 5.74) is -0.924. The average Bonchev–Trinajstić information content (AvgIpc) is 2.35. The summed E-state index contributed by atoms with van der Waals surface area (Å²) in [7, 11) is 0. The molecule has 0 aliphatic carbocycles. The number of esters is 2. The van der Waals surface area contributed by atoms with Crippen molar-refractivity contribution in [1.82, 2.24) is 0 Å². The van der Waals surface area contributed by atoms with Gasteiger partial charge in [0.05, 0.1) is 11.0 Å². The van der Waals surface area contributed by atoms with Crippen molar-refractivity contribution < 1.29 is 28.4 Å². The molecule has 8 nitrogen and oxygen atoms in total. The highest BCUT2D eigenvalue weighted by molar-refractivity contribution is 6.15. The molecule has 1 N–H and O–H groups in total. The van der Waals surface area contributed by atoms with Crippen LogP contribution in [-0.2, 0) is 19.1 Å². The zero-order valence-corrected chi connectivity index (χ0v) is 11.6. The van der Waals surface area contributed by atoms with Gasteiger partial charge in [-0.25, -0.2) is 14.0 Å². The van der Waals surface area contributed by atoms with Gasteiger partial charge in [0.25, 0.3) is 11.5 Å². The number of hydrogen-bond donors (Lipinski definition) is 1. The van der Waals surface area contributed by atoms with Crippen molar-refractivity contribution in [3.8, 4) is 0 Å². The number of carbonyl (C=O) groups excluding carboxylic acids is 2. The molecule has 1 heterocycles. The van der Waals surface area contributed by atoms with Gasteiger partial charge in [-0.1, -0.05) is 0 Å². The van der Waals surface area contributed by atoms with Gasteiger partial charge < -0.3 is 14.8 Å². The van der Waals surface area contributed by atoms with Crippen LogP contribution in [0.1, 0.15) is 13.8 Å². The number of nitrogens with zero attached hydrogens (tertiary/aromatic N) is 1. The topological polar surface area (TPSA) is 108 Å². The van der Waals surface area contributed by atoms with Gasteiger partial charge in [0.2, 0.25) is 0 Å². The molecule has 0 unspecified atom stereocenters. The molecule has 2 rings (SSSR count). The second-order valence-electron chi connectivity index (χ2n) is 4.84. The van der Waals surface area contributed by atoms with E-state index in [0.29, 0.717) is 0 Å². The van der Waals surface area contributed by atoms with Gasteiger partial charge in [-0.05, 0) is 6.07 Å². The average molecular weight is 310 g/mol. The standard InChI is InChI=1S/C13H11FN2O6/c1-13(2)21-11(17)10(12(18)22-13)6-15-8-3-7(14)4-9(5-8)16(19)20/h3-6,15H,1-2H3.